The Hall–Kier alpha value is -0.730. The zero-order valence-electron chi connectivity index (χ0n) is 19.3. The quantitative estimate of drug-likeness (QED) is 0.231. The highest BCUT2D eigenvalue weighted by molar-refractivity contribution is 5.37. The van der Waals surface area contributed by atoms with Gasteiger partial charge < -0.3 is 19.9 Å². The second-order valence-electron chi connectivity index (χ2n) is 9.93. The molecule has 0 aromatic carbocycles. The third-order valence-electron chi connectivity index (χ3n) is 7.67. The normalized spacial score (nSPS) is 34.4. The molecular weight excluding hydrogens is 394 g/mol. The van der Waals surface area contributed by atoms with Gasteiger partial charge in [-0.1, -0.05) is 0 Å². The van der Waals surface area contributed by atoms with Crippen molar-refractivity contribution in [2.45, 2.75) is 95.4 Å². The number of rotatable bonds is 13. The predicted octanol–water partition coefficient (Wildman–Crippen LogP) is 2.92. The summed E-state index contributed by atoms with van der Waals surface area (Å²) >= 11 is 0. The molecule has 0 saturated heterocycles. The SMILES string of the molecule is NCC1CCC(OCNCC2CCC(OCNCC3CCC(OC=O)CC3)CC2)CC1. The van der Waals surface area contributed by atoms with Crippen LogP contribution in [0.3, 0.4) is 0 Å². The molecule has 3 aliphatic carbocycles. The summed E-state index contributed by atoms with van der Waals surface area (Å²) in [5.41, 5.74) is 5.76. The number of nitrogens with two attached hydrogens (primary N) is 1. The van der Waals surface area contributed by atoms with Crippen LogP contribution >= 0.6 is 0 Å². The Morgan fingerprint density at radius 2 is 1.06 bits per heavy atom. The van der Waals surface area contributed by atoms with Gasteiger partial charge in [-0.15, -0.1) is 0 Å². The van der Waals surface area contributed by atoms with Crippen molar-refractivity contribution < 1.29 is 19.0 Å². The molecule has 3 fully saturated rings. The van der Waals surface area contributed by atoms with Crippen LogP contribution in [0.15, 0.2) is 0 Å². The topological polar surface area (TPSA) is 94.8 Å². The molecule has 0 bridgehead atoms. The molecule has 0 atom stereocenters. The van der Waals surface area contributed by atoms with Gasteiger partial charge in [-0.25, -0.2) is 0 Å². The third-order valence-corrected chi connectivity index (χ3v) is 7.67. The highest BCUT2D eigenvalue weighted by atomic mass is 16.5. The summed E-state index contributed by atoms with van der Waals surface area (Å²) in [6, 6.07) is 0. The van der Waals surface area contributed by atoms with Crippen LogP contribution in [-0.2, 0) is 19.0 Å². The van der Waals surface area contributed by atoms with Crippen molar-refractivity contribution >= 4 is 6.47 Å². The lowest BCUT2D eigenvalue weighted by molar-refractivity contribution is -0.135. The fourth-order valence-electron chi connectivity index (χ4n) is 5.47. The van der Waals surface area contributed by atoms with Crippen molar-refractivity contribution in [1.82, 2.24) is 10.6 Å². The Morgan fingerprint density at radius 1 is 0.645 bits per heavy atom. The molecule has 3 rings (SSSR count). The van der Waals surface area contributed by atoms with Crippen LogP contribution in [0.4, 0.5) is 0 Å². The summed E-state index contributed by atoms with van der Waals surface area (Å²) in [5, 5.41) is 6.99. The lowest BCUT2D eigenvalue weighted by Crippen LogP contribution is -2.34. The van der Waals surface area contributed by atoms with Crippen LogP contribution in [0.25, 0.3) is 0 Å². The largest absolute Gasteiger partial charge is 0.465 e. The zero-order chi connectivity index (χ0) is 21.7. The Morgan fingerprint density at radius 3 is 1.48 bits per heavy atom. The van der Waals surface area contributed by atoms with E-state index in [9.17, 15) is 4.79 Å². The number of hydrogen-bond donors (Lipinski definition) is 3. The molecule has 0 aromatic rings. The van der Waals surface area contributed by atoms with Gasteiger partial charge in [0, 0.05) is 13.1 Å². The van der Waals surface area contributed by atoms with Crippen molar-refractivity contribution in [2.75, 3.05) is 33.1 Å². The van der Waals surface area contributed by atoms with Crippen molar-refractivity contribution in [3.05, 3.63) is 0 Å². The Balaban J connectivity index is 1.13. The monoisotopic (exact) mass is 439 g/mol. The molecule has 0 radical (unpaired) electrons. The van der Waals surface area contributed by atoms with Crippen LogP contribution in [0.2, 0.25) is 0 Å². The second kappa shape index (κ2) is 14.4. The zero-order valence-corrected chi connectivity index (χ0v) is 19.3. The smallest absolute Gasteiger partial charge is 0.293 e. The average Bonchev–Trinajstić information content (AvgIpc) is 2.82. The number of hydrogen-bond acceptors (Lipinski definition) is 7. The van der Waals surface area contributed by atoms with E-state index in [1.54, 1.807) is 0 Å². The van der Waals surface area contributed by atoms with Crippen molar-refractivity contribution in [1.29, 1.82) is 0 Å². The molecule has 0 amide bonds. The summed E-state index contributed by atoms with van der Waals surface area (Å²) in [5.74, 6) is 2.13. The minimum Gasteiger partial charge on any atom is -0.465 e. The summed E-state index contributed by atoms with van der Waals surface area (Å²) in [6.45, 7) is 4.80. The number of ether oxygens (including phenoxy) is 3. The second-order valence-corrected chi connectivity index (χ2v) is 9.93. The van der Waals surface area contributed by atoms with E-state index in [0.717, 1.165) is 76.9 Å². The number of carbonyl (C=O) groups excluding carboxylic acids is 1. The molecule has 180 valence electrons. The van der Waals surface area contributed by atoms with E-state index in [1.807, 2.05) is 0 Å². The van der Waals surface area contributed by atoms with Gasteiger partial charge in [0.15, 0.2) is 0 Å². The molecule has 4 N–H and O–H groups in total. The summed E-state index contributed by atoms with van der Waals surface area (Å²) in [7, 11) is 0. The standard InChI is InChI=1S/C24H45N3O4/c25-13-19-1-7-22(8-2-19)29-16-26-14-20-3-9-23(10-4-20)30-17-27-15-21-5-11-24(12-6-21)31-18-28/h18-24,26-27H,1-17,25H2. The molecule has 0 spiro atoms. The lowest BCUT2D eigenvalue weighted by Gasteiger charge is -2.30. The fourth-order valence-corrected chi connectivity index (χ4v) is 5.47. The number of carbonyl (C=O) groups is 1. The van der Waals surface area contributed by atoms with E-state index in [4.69, 9.17) is 19.9 Å². The minimum absolute atomic E-state index is 0.137. The number of nitrogens with one attached hydrogen (secondary N) is 2. The average molecular weight is 440 g/mol. The van der Waals surface area contributed by atoms with Crippen LogP contribution in [-0.4, -0.2) is 57.9 Å². The molecule has 0 aliphatic heterocycles. The Labute approximate surface area is 188 Å². The molecule has 7 heteroatoms. The first-order valence-electron chi connectivity index (χ1n) is 12.7. The van der Waals surface area contributed by atoms with E-state index in [2.05, 4.69) is 10.6 Å². The molecule has 0 aromatic heterocycles. The highest BCUT2D eigenvalue weighted by Crippen LogP contribution is 2.27. The van der Waals surface area contributed by atoms with Gasteiger partial charge >= 0.3 is 0 Å². The van der Waals surface area contributed by atoms with E-state index in [1.165, 1.54) is 25.7 Å². The van der Waals surface area contributed by atoms with Gasteiger partial charge in [0.05, 0.1) is 25.7 Å². The Kier molecular flexibility index (Phi) is 11.6. The first kappa shape index (κ1) is 24.9. The van der Waals surface area contributed by atoms with Crippen LogP contribution in [0.5, 0.6) is 0 Å². The molecule has 3 aliphatic rings. The summed E-state index contributed by atoms with van der Waals surface area (Å²) in [6.07, 6.45) is 14.7. The minimum atomic E-state index is 0.137. The van der Waals surface area contributed by atoms with Gasteiger partial charge in [-0.3, -0.25) is 15.4 Å². The van der Waals surface area contributed by atoms with E-state index in [0.29, 0.717) is 44.0 Å². The van der Waals surface area contributed by atoms with Crippen LogP contribution in [0.1, 0.15) is 77.0 Å². The van der Waals surface area contributed by atoms with Crippen molar-refractivity contribution in [3.63, 3.8) is 0 Å². The lowest BCUT2D eigenvalue weighted by atomic mass is 9.87. The summed E-state index contributed by atoms with van der Waals surface area (Å²) in [4.78, 5) is 10.4. The van der Waals surface area contributed by atoms with E-state index >= 15 is 0 Å². The van der Waals surface area contributed by atoms with Crippen molar-refractivity contribution in [3.8, 4) is 0 Å². The van der Waals surface area contributed by atoms with Gasteiger partial charge in [0.1, 0.15) is 6.10 Å². The highest BCUT2D eigenvalue weighted by Gasteiger charge is 2.24. The molecule has 0 unspecified atom stereocenters. The molecular formula is C24H45N3O4. The first-order valence-corrected chi connectivity index (χ1v) is 12.7. The Bertz CT molecular complexity index is 471. The first-order chi connectivity index (χ1) is 15.3. The van der Waals surface area contributed by atoms with Crippen LogP contribution < -0.4 is 16.4 Å². The third kappa shape index (κ3) is 9.34. The van der Waals surface area contributed by atoms with Gasteiger partial charge in [0.2, 0.25) is 0 Å². The fraction of sp³-hybridized carbons (Fsp3) is 0.958. The predicted molar refractivity (Wildman–Crippen MR) is 121 cm³/mol. The molecule has 31 heavy (non-hydrogen) atoms. The maximum atomic E-state index is 10.4. The summed E-state index contributed by atoms with van der Waals surface area (Å²) < 4.78 is 17.2. The van der Waals surface area contributed by atoms with Gasteiger partial charge in [-0.2, -0.15) is 0 Å². The maximum Gasteiger partial charge on any atom is 0.293 e. The van der Waals surface area contributed by atoms with Crippen LogP contribution in [0, 0.1) is 17.8 Å². The van der Waals surface area contributed by atoms with E-state index < -0.39 is 0 Å². The molecule has 3 saturated carbocycles. The van der Waals surface area contributed by atoms with Crippen molar-refractivity contribution in [2.24, 2.45) is 23.5 Å². The van der Waals surface area contributed by atoms with Gasteiger partial charge in [0.25, 0.3) is 6.47 Å². The van der Waals surface area contributed by atoms with Gasteiger partial charge in [-0.05, 0) is 101 Å². The maximum absolute atomic E-state index is 10.4. The van der Waals surface area contributed by atoms with E-state index in [-0.39, 0.29) is 6.10 Å². The molecule has 0 heterocycles. The molecule has 7 nitrogen and oxygen atoms in total.